The SMILES string of the molecule is NC(=O)COc1ccccc1C(=O)Nc1nnc(-c2ccccn2)s1. The molecule has 0 atom stereocenters. The number of amides is 2. The summed E-state index contributed by atoms with van der Waals surface area (Å²) in [4.78, 5) is 27.5. The molecule has 0 aliphatic heterocycles. The first-order valence-corrected chi connectivity index (χ1v) is 8.01. The number of nitrogens with one attached hydrogen (secondary N) is 1. The van der Waals surface area contributed by atoms with E-state index in [-0.39, 0.29) is 17.9 Å². The maximum absolute atomic E-state index is 12.4. The zero-order valence-electron chi connectivity index (χ0n) is 12.9. The maximum atomic E-state index is 12.4. The van der Waals surface area contributed by atoms with Crippen LogP contribution in [-0.2, 0) is 4.79 Å². The van der Waals surface area contributed by atoms with E-state index in [0.29, 0.717) is 15.8 Å². The van der Waals surface area contributed by atoms with Crippen LogP contribution in [0, 0.1) is 0 Å². The summed E-state index contributed by atoms with van der Waals surface area (Å²) in [6, 6.07) is 12.0. The molecule has 0 radical (unpaired) electrons. The van der Waals surface area contributed by atoms with Gasteiger partial charge in [0.05, 0.1) is 5.56 Å². The van der Waals surface area contributed by atoms with Crippen molar-refractivity contribution in [2.24, 2.45) is 5.73 Å². The number of benzene rings is 1. The molecule has 8 nitrogen and oxygen atoms in total. The van der Waals surface area contributed by atoms with E-state index < -0.39 is 11.8 Å². The van der Waals surface area contributed by atoms with Gasteiger partial charge in [-0.2, -0.15) is 0 Å². The Morgan fingerprint density at radius 1 is 1.12 bits per heavy atom. The molecule has 0 fully saturated rings. The van der Waals surface area contributed by atoms with Crippen LogP contribution in [0.2, 0.25) is 0 Å². The van der Waals surface area contributed by atoms with Crippen LogP contribution < -0.4 is 15.8 Å². The fraction of sp³-hybridized carbons (Fsp3) is 0.0625. The minimum absolute atomic E-state index is 0.258. The Morgan fingerprint density at radius 3 is 2.68 bits per heavy atom. The lowest BCUT2D eigenvalue weighted by atomic mass is 10.2. The third-order valence-electron chi connectivity index (χ3n) is 3.03. The van der Waals surface area contributed by atoms with E-state index in [9.17, 15) is 9.59 Å². The van der Waals surface area contributed by atoms with Crippen LogP contribution in [0.3, 0.4) is 0 Å². The molecule has 0 unspecified atom stereocenters. The molecule has 0 aliphatic rings. The zero-order valence-corrected chi connectivity index (χ0v) is 13.7. The zero-order chi connectivity index (χ0) is 17.6. The smallest absolute Gasteiger partial charge is 0.261 e. The molecule has 9 heteroatoms. The van der Waals surface area contributed by atoms with Gasteiger partial charge >= 0.3 is 0 Å². The number of carbonyl (C=O) groups is 2. The molecule has 0 saturated carbocycles. The lowest BCUT2D eigenvalue weighted by Gasteiger charge is -2.09. The molecule has 3 N–H and O–H groups in total. The van der Waals surface area contributed by atoms with Crippen molar-refractivity contribution in [1.82, 2.24) is 15.2 Å². The van der Waals surface area contributed by atoms with Gasteiger partial charge in [-0.1, -0.05) is 29.5 Å². The Labute approximate surface area is 146 Å². The van der Waals surface area contributed by atoms with E-state index >= 15 is 0 Å². The van der Waals surface area contributed by atoms with Crippen LogP contribution in [0.5, 0.6) is 5.75 Å². The second-order valence-electron chi connectivity index (χ2n) is 4.83. The van der Waals surface area contributed by atoms with E-state index in [1.54, 1.807) is 42.6 Å². The van der Waals surface area contributed by atoms with Crippen molar-refractivity contribution in [1.29, 1.82) is 0 Å². The lowest BCUT2D eigenvalue weighted by Crippen LogP contribution is -2.21. The van der Waals surface area contributed by atoms with Gasteiger partial charge in [0.25, 0.3) is 11.8 Å². The number of carbonyl (C=O) groups excluding carboxylic acids is 2. The van der Waals surface area contributed by atoms with Crippen LogP contribution in [-0.4, -0.2) is 33.6 Å². The van der Waals surface area contributed by atoms with Gasteiger partial charge in [-0.05, 0) is 24.3 Å². The minimum Gasteiger partial charge on any atom is -0.483 e. The van der Waals surface area contributed by atoms with Crippen molar-refractivity contribution in [2.75, 3.05) is 11.9 Å². The molecule has 25 heavy (non-hydrogen) atoms. The minimum atomic E-state index is -0.626. The predicted octanol–water partition coefficient (Wildman–Crippen LogP) is 1.72. The molecule has 3 aromatic rings. The molecule has 3 rings (SSSR count). The molecule has 126 valence electrons. The van der Waals surface area contributed by atoms with Gasteiger partial charge in [0.2, 0.25) is 5.13 Å². The summed E-state index contributed by atoms with van der Waals surface area (Å²) in [6.45, 7) is -0.313. The summed E-state index contributed by atoms with van der Waals surface area (Å²) >= 11 is 1.20. The van der Waals surface area contributed by atoms with Gasteiger partial charge < -0.3 is 10.5 Å². The normalized spacial score (nSPS) is 10.2. The van der Waals surface area contributed by atoms with Crippen molar-refractivity contribution in [3.05, 3.63) is 54.2 Å². The molecule has 2 amide bonds. The van der Waals surface area contributed by atoms with Crippen molar-refractivity contribution in [3.8, 4) is 16.5 Å². The Balaban J connectivity index is 1.75. The lowest BCUT2D eigenvalue weighted by molar-refractivity contribution is -0.119. The Kier molecular flexibility index (Phi) is 4.95. The van der Waals surface area contributed by atoms with Crippen LogP contribution in [0.15, 0.2) is 48.7 Å². The number of anilines is 1. The number of ether oxygens (including phenoxy) is 1. The number of pyridine rings is 1. The first-order chi connectivity index (χ1) is 12.1. The van der Waals surface area contributed by atoms with Gasteiger partial charge in [0.1, 0.15) is 11.4 Å². The van der Waals surface area contributed by atoms with Crippen molar-refractivity contribution < 1.29 is 14.3 Å². The molecule has 0 saturated heterocycles. The summed E-state index contributed by atoms with van der Waals surface area (Å²) in [5.74, 6) is -0.795. The topological polar surface area (TPSA) is 120 Å². The summed E-state index contributed by atoms with van der Waals surface area (Å²) < 4.78 is 5.25. The second-order valence-corrected chi connectivity index (χ2v) is 5.81. The first-order valence-electron chi connectivity index (χ1n) is 7.20. The van der Waals surface area contributed by atoms with Gasteiger partial charge in [-0.25, -0.2) is 0 Å². The predicted molar refractivity (Wildman–Crippen MR) is 92.2 cm³/mol. The number of nitrogens with two attached hydrogens (primary N) is 1. The molecule has 2 heterocycles. The highest BCUT2D eigenvalue weighted by Gasteiger charge is 2.16. The Morgan fingerprint density at radius 2 is 1.92 bits per heavy atom. The molecule has 0 aliphatic carbocycles. The molecular formula is C16H13N5O3S. The monoisotopic (exact) mass is 355 g/mol. The number of aromatic nitrogens is 3. The highest BCUT2D eigenvalue weighted by molar-refractivity contribution is 7.18. The second kappa shape index (κ2) is 7.49. The first kappa shape index (κ1) is 16.5. The van der Waals surface area contributed by atoms with E-state index in [0.717, 1.165) is 0 Å². The van der Waals surface area contributed by atoms with Gasteiger partial charge in [0.15, 0.2) is 11.6 Å². The van der Waals surface area contributed by atoms with E-state index in [4.69, 9.17) is 10.5 Å². The number of hydrogen-bond acceptors (Lipinski definition) is 7. The molecular weight excluding hydrogens is 342 g/mol. The Bertz CT molecular complexity index is 898. The third kappa shape index (κ3) is 4.15. The molecule has 0 bridgehead atoms. The average molecular weight is 355 g/mol. The standard InChI is InChI=1S/C16H13N5O3S/c17-13(22)9-24-12-7-2-1-5-10(12)14(23)19-16-21-20-15(25-16)11-6-3-4-8-18-11/h1-8H,9H2,(H2,17,22)(H,19,21,23). The van der Waals surface area contributed by atoms with Gasteiger partial charge in [0, 0.05) is 6.20 Å². The van der Waals surface area contributed by atoms with E-state index in [2.05, 4.69) is 20.5 Å². The van der Waals surface area contributed by atoms with Gasteiger partial charge in [-0.15, -0.1) is 10.2 Å². The van der Waals surface area contributed by atoms with Crippen molar-refractivity contribution in [2.45, 2.75) is 0 Å². The van der Waals surface area contributed by atoms with Crippen LogP contribution in [0.25, 0.3) is 10.7 Å². The summed E-state index contributed by atoms with van der Waals surface area (Å²) in [5.41, 5.74) is 6.00. The Hall–Kier alpha value is -3.33. The molecule has 0 spiro atoms. The van der Waals surface area contributed by atoms with Crippen LogP contribution >= 0.6 is 11.3 Å². The van der Waals surface area contributed by atoms with Gasteiger partial charge in [-0.3, -0.25) is 19.9 Å². The number of rotatable bonds is 6. The van der Waals surface area contributed by atoms with E-state index in [1.165, 1.54) is 11.3 Å². The number of para-hydroxylation sites is 1. The van der Waals surface area contributed by atoms with Crippen LogP contribution in [0.4, 0.5) is 5.13 Å². The number of primary amides is 1. The number of hydrogen-bond donors (Lipinski definition) is 2. The highest BCUT2D eigenvalue weighted by atomic mass is 32.1. The van der Waals surface area contributed by atoms with Crippen molar-refractivity contribution in [3.63, 3.8) is 0 Å². The van der Waals surface area contributed by atoms with Crippen LogP contribution in [0.1, 0.15) is 10.4 Å². The number of nitrogens with zero attached hydrogens (tertiary/aromatic N) is 3. The third-order valence-corrected chi connectivity index (χ3v) is 3.89. The fourth-order valence-electron chi connectivity index (χ4n) is 1.96. The summed E-state index contributed by atoms with van der Waals surface area (Å²) in [5, 5.41) is 11.5. The average Bonchev–Trinajstić information content (AvgIpc) is 3.09. The highest BCUT2D eigenvalue weighted by Crippen LogP contribution is 2.26. The molecule has 2 aromatic heterocycles. The summed E-state index contributed by atoms with van der Waals surface area (Å²) in [6.07, 6.45) is 1.65. The fourth-order valence-corrected chi connectivity index (χ4v) is 2.68. The van der Waals surface area contributed by atoms with E-state index in [1.807, 2.05) is 6.07 Å². The largest absolute Gasteiger partial charge is 0.483 e. The van der Waals surface area contributed by atoms with Crippen molar-refractivity contribution >= 4 is 28.3 Å². The summed E-state index contributed by atoms with van der Waals surface area (Å²) in [7, 11) is 0. The maximum Gasteiger partial charge on any atom is 0.261 e. The molecule has 1 aromatic carbocycles. The quantitative estimate of drug-likeness (QED) is 0.694.